The first-order chi connectivity index (χ1) is 8.30. The molecule has 2 heteroatoms. The number of hydrogen-bond acceptors (Lipinski definition) is 2. The molecule has 1 rings (SSSR count). The summed E-state index contributed by atoms with van der Waals surface area (Å²) in [5.74, 6) is 0.275. The lowest BCUT2D eigenvalue weighted by atomic mass is 9.70. The van der Waals surface area contributed by atoms with Crippen LogP contribution in [0, 0.1) is 5.41 Å². The van der Waals surface area contributed by atoms with Crippen LogP contribution in [0.15, 0.2) is 24.3 Å². The molecule has 0 amide bonds. The summed E-state index contributed by atoms with van der Waals surface area (Å²) in [5.41, 5.74) is -0.155. The van der Waals surface area contributed by atoms with Crippen molar-refractivity contribution in [1.82, 2.24) is 0 Å². The fourth-order valence-corrected chi connectivity index (χ4v) is 2.17. The van der Waals surface area contributed by atoms with Crippen LogP contribution < -0.4 is 0 Å². The number of benzene rings is 1. The van der Waals surface area contributed by atoms with E-state index in [2.05, 4.69) is 27.7 Å². The fraction of sp³-hybridized carbons (Fsp3) is 0.625. The third-order valence-corrected chi connectivity index (χ3v) is 3.81. The van der Waals surface area contributed by atoms with Crippen molar-refractivity contribution < 1.29 is 10.2 Å². The third-order valence-electron chi connectivity index (χ3n) is 3.81. The molecular weight excluding hydrogens is 224 g/mol. The highest BCUT2D eigenvalue weighted by molar-refractivity contribution is 5.33. The van der Waals surface area contributed by atoms with Crippen molar-refractivity contribution >= 4 is 0 Å². The van der Waals surface area contributed by atoms with E-state index in [0.717, 1.165) is 24.8 Å². The Kier molecular flexibility index (Phi) is 4.80. The topological polar surface area (TPSA) is 40.5 Å². The molecule has 0 bridgehead atoms. The molecule has 0 aromatic heterocycles. The first-order valence-electron chi connectivity index (χ1n) is 6.79. The molecule has 0 aliphatic carbocycles. The van der Waals surface area contributed by atoms with E-state index in [-0.39, 0.29) is 11.2 Å². The summed E-state index contributed by atoms with van der Waals surface area (Å²) in [6.07, 6.45) is 3.34. The molecule has 0 unspecified atom stereocenters. The van der Waals surface area contributed by atoms with Gasteiger partial charge in [0, 0.05) is 6.42 Å². The van der Waals surface area contributed by atoms with Gasteiger partial charge in [-0.05, 0) is 23.5 Å². The van der Waals surface area contributed by atoms with Crippen molar-refractivity contribution in [2.45, 2.75) is 59.0 Å². The Morgan fingerprint density at radius 1 is 1.11 bits per heavy atom. The molecular formula is C16H26O2. The van der Waals surface area contributed by atoms with Gasteiger partial charge in [0.1, 0.15) is 5.75 Å². The number of aliphatic hydroxyl groups is 1. The van der Waals surface area contributed by atoms with Crippen LogP contribution in [-0.4, -0.2) is 15.8 Å². The summed E-state index contributed by atoms with van der Waals surface area (Å²) in [7, 11) is 0. The van der Waals surface area contributed by atoms with Crippen LogP contribution >= 0.6 is 0 Å². The quantitative estimate of drug-likeness (QED) is 0.832. The van der Waals surface area contributed by atoms with E-state index in [1.165, 1.54) is 0 Å². The van der Waals surface area contributed by atoms with Gasteiger partial charge in [-0.25, -0.2) is 0 Å². The Bertz CT molecular complexity index is 379. The average Bonchev–Trinajstić information content (AvgIpc) is 2.28. The van der Waals surface area contributed by atoms with Crippen molar-refractivity contribution in [2.75, 3.05) is 0 Å². The van der Waals surface area contributed by atoms with Crippen molar-refractivity contribution in [3.8, 4) is 5.75 Å². The normalized spacial score (nSPS) is 15.4. The summed E-state index contributed by atoms with van der Waals surface area (Å²) in [5, 5.41) is 20.8. The lowest BCUT2D eigenvalue weighted by molar-refractivity contribution is -0.0658. The number of rotatable bonds is 5. The van der Waals surface area contributed by atoms with E-state index in [1.54, 1.807) is 12.1 Å². The Morgan fingerprint density at radius 3 is 2.22 bits per heavy atom. The summed E-state index contributed by atoms with van der Waals surface area (Å²) in [6, 6.07) is 7.27. The molecule has 102 valence electrons. The standard InChI is InChI=1S/C16H26O2/c1-5-6-11-16(18,15(2,3)4)12-13-9-7-8-10-14(13)17/h7-10,17-18H,5-6,11-12H2,1-4H3/t16-/m0/s1. The Hall–Kier alpha value is -1.02. The van der Waals surface area contributed by atoms with Gasteiger partial charge in [0.2, 0.25) is 0 Å². The van der Waals surface area contributed by atoms with Gasteiger partial charge >= 0.3 is 0 Å². The molecule has 2 N–H and O–H groups in total. The second kappa shape index (κ2) is 5.75. The number of phenols is 1. The van der Waals surface area contributed by atoms with E-state index in [0.29, 0.717) is 6.42 Å². The summed E-state index contributed by atoms with van der Waals surface area (Å²) in [4.78, 5) is 0. The van der Waals surface area contributed by atoms with Crippen LogP contribution in [0.25, 0.3) is 0 Å². The molecule has 0 heterocycles. The summed E-state index contributed by atoms with van der Waals surface area (Å²) >= 11 is 0. The molecule has 0 radical (unpaired) electrons. The van der Waals surface area contributed by atoms with Crippen molar-refractivity contribution in [1.29, 1.82) is 0 Å². The number of aromatic hydroxyl groups is 1. The van der Waals surface area contributed by atoms with Gasteiger partial charge in [-0.1, -0.05) is 58.7 Å². The Labute approximate surface area is 111 Å². The lowest BCUT2D eigenvalue weighted by Crippen LogP contribution is -2.44. The highest BCUT2D eigenvalue weighted by atomic mass is 16.3. The molecule has 0 saturated carbocycles. The third kappa shape index (κ3) is 3.49. The minimum atomic E-state index is -0.776. The van der Waals surface area contributed by atoms with E-state index in [9.17, 15) is 10.2 Å². The average molecular weight is 250 g/mol. The van der Waals surface area contributed by atoms with Gasteiger partial charge in [0.25, 0.3) is 0 Å². The zero-order valence-corrected chi connectivity index (χ0v) is 12.0. The number of phenolic OH excluding ortho intramolecular Hbond substituents is 1. The number of para-hydroxylation sites is 1. The van der Waals surface area contributed by atoms with Crippen LogP contribution in [-0.2, 0) is 6.42 Å². The molecule has 0 saturated heterocycles. The minimum absolute atomic E-state index is 0.204. The van der Waals surface area contributed by atoms with E-state index in [1.807, 2.05) is 12.1 Å². The van der Waals surface area contributed by atoms with E-state index >= 15 is 0 Å². The van der Waals surface area contributed by atoms with Gasteiger partial charge in [-0.3, -0.25) is 0 Å². The maximum atomic E-state index is 10.9. The minimum Gasteiger partial charge on any atom is -0.508 e. The van der Waals surface area contributed by atoms with Crippen molar-refractivity contribution in [2.24, 2.45) is 5.41 Å². The van der Waals surface area contributed by atoms with Gasteiger partial charge < -0.3 is 10.2 Å². The summed E-state index contributed by atoms with van der Waals surface area (Å²) < 4.78 is 0. The van der Waals surface area contributed by atoms with Crippen LogP contribution in [0.1, 0.15) is 52.5 Å². The molecule has 1 aromatic carbocycles. The van der Waals surface area contributed by atoms with Crippen molar-refractivity contribution in [3.05, 3.63) is 29.8 Å². The highest BCUT2D eigenvalue weighted by Crippen LogP contribution is 2.38. The van der Waals surface area contributed by atoms with E-state index < -0.39 is 5.60 Å². The van der Waals surface area contributed by atoms with E-state index in [4.69, 9.17) is 0 Å². The number of hydrogen-bond donors (Lipinski definition) is 2. The maximum absolute atomic E-state index is 10.9. The van der Waals surface area contributed by atoms with Crippen LogP contribution in [0.3, 0.4) is 0 Å². The number of unbranched alkanes of at least 4 members (excludes halogenated alkanes) is 1. The fourth-order valence-electron chi connectivity index (χ4n) is 2.17. The van der Waals surface area contributed by atoms with Gasteiger partial charge in [-0.2, -0.15) is 0 Å². The summed E-state index contributed by atoms with van der Waals surface area (Å²) in [6.45, 7) is 8.30. The molecule has 18 heavy (non-hydrogen) atoms. The van der Waals surface area contributed by atoms with Crippen LogP contribution in [0.4, 0.5) is 0 Å². The van der Waals surface area contributed by atoms with Crippen molar-refractivity contribution in [3.63, 3.8) is 0 Å². The molecule has 1 aromatic rings. The Balaban J connectivity index is 2.95. The zero-order valence-electron chi connectivity index (χ0n) is 12.0. The molecule has 1 atom stereocenters. The zero-order chi connectivity index (χ0) is 13.8. The van der Waals surface area contributed by atoms with Gasteiger partial charge in [-0.15, -0.1) is 0 Å². The smallest absolute Gasteiger partial charge is 0.118 e. The molecule has 0 aliphatic rings. The maximum Gasteiger partial charge on any atom is 0.118 e. The second-order valence-corrected chi connectivity index (χ2v) is 6.19. The van der Waals surface area contributed by atoms with Crippen LogP contribution in [0.2, 0.25) is 0 Å². The first-order valence-corrected chi connectivity index (χ1v) is 6.79. The lowest BCUT2D eigenvalue weighted by Gasteiger charge is -2.41. The monoisotopic (exact) mass is 250 g/mol. The molecule has 0 spiro atoms. The highest BCUT2D eigenvalue weighted by Gasteiger charge is 2.39. The second-order valence-electron chi connectivity index (χ2n) is 6.19. The largest absolute Gasteiger partial charge is 0.508 e. The predicted molar refractivity (Wildman–Crippen MR) is 75.7 cm³/mol. The molecule has 0 fully saturated rings. The van der Waals surface area contributed by atoms with Gasteiger partial charge in [0.15, 0.2) is 0 Å². The molecule has 0 aliphatic heterocycles. The first kappa shape index (κ1) is 15.0. The predicted octanol–water partition coefficient (Wildman–Crippen LogP) is 3.90. The Morgan fingerprint density at radius 2 is 1.72 bits per heavy atom. The van der Waals surface area contributed by atoms with Crippen LogP contribution in [0.5, 0.6) is 5.75 Å². The molecule has 2 nitrogen and oxygen atoms in total. The SMILES string of the molecule is CCCC[C@](O)(Cc1ccccc1O)C(C)(C)C. The van der Waals surface area contributed by atoms with Gasteiger partial charge in [0.05, 0.1) is 5.60 Å².